The molecule has 0 radical (unpaired) electrons. The normalized spacial score (nSPS) is 23.3. The largest absolute Gasteiger partial charge is 0.371 e. The van der Waals surface area contributed by atoms with E-state index in [0.29, 0.717) is 0 Å². The van der Waals surface area contributed by atoms with Crippen LogP contribution in [-0.2, 0) is 0 Å². The zero-order chi connectivity index (χ0) is 10.5. The van der Waals surface area contributed by atoms with Crippen molar-refractivity contribution in [1.82, 2.24) is 5.32 Å². The lowest BCUT2D eigenvalue weighted by molar-refractivity contribution is 0.468. The number of benzene rings is 1. The lowest BCUT2D eigenvalue weighted by atomic mass is 10.1. The zero-order valence-electron chi connectivity index (χ0n) is 9.45. The molecule has 82 valence electrons. The lowest BCUT2D eigenvalue weighted by Crippen LogP contribution is -2.38. The first-order valence-electron chi connectivity index (χ1n) is 5.87. The molecular formula is C13H20N2. The fraction of sp³-hybridized carbons (Fsp3) is 0.538. The van der Waals surface area contributed by atoms with Gasteiger partial charge in [0, 0.05) is 18.8 Å². The zero-order valence-corrected chi connectivity index (χ0v) is 9.45. The van der Waals surface area contributed by atoms with Crippen LogP contribution in [0.15, 0.2) is 30.3 Å². The Bertz CT molecular complexity index is 284. The van der Waals surface area contributed by atoms with Crippen molar-refractivity contribution in [3.8, 4) is 0 Å². The number of rotatable bonds is 1. The topological polar surface area (TPSA) is 15.3 Å². The Balaban J connectivity index is 2.05. The first kappa shape index (κ1) is 10.5. The fourth-order valence-electron chi connectivity index (χ4n) is 2.15. The van der Waals surface area contributed by atoms with Gasteiger partial charge < -0.3 is 10.2 Å². The van der Waals surface area contributed by atoms with Gasteiger partial charge in [0.05, 0.1) is 0 Å². The molecule has 0 aliphatic carbocycles. The molecule has 15 heavy (non-hydrogen) atoms. The van der Waals surface area contributed by atoms with Crippen LogP contribution in [0.3, 0.4) is 0 Å². The highest BCUT2D eigenvalue weighted by molar-refractivity contribution is 5.45. The summed E-state index contributed by atoms with van der Waals surface area (Å²) in [4.78, 5) is 2.51. The minimum atomic E-state index is 0.727. The van der Waals surface area contributed by atoms with Crippen molar-refractivity contribution in [2.75, 3.05) is 31.1 Å². The molecule has 1 aliphatic heterocycles. The molecular weight excluding hydrogens is 184 g/mol. The van der Waals surface area contributed by atoms with Gasteiger partial charge >= 0.3 is 0 Å². The Morgan fingerprint density at radius 2 is 2.07 bits per heavy atom. The molecule has 1 N–H and O–H groups in total. The highest BCUT2D eigenvalue weighted by Gasteiger charge is 2.12. The smallest absolute Gasteiger partial charge is 0.0366 e. The van der Waals surface area contributed by atoms with E-state index < -0.39 is 0 Å². The molecule has 1 unspecified atom stereocenters. The molecule has 0 aromatic heterocycles. The maximum Gasteiger partial charge on any atom is 0.0366 e. The summed E-state index contributed by atoms with van der Waals surface area (Å²) < 4.78 is 0. The molecule has 1 heterocycles. The Morgan fingerprint density at radius 1 is 1.27 bits per heavy atom. The lowest BCUT2D eigenvalue weighted by Gasteiger charge is -2.30. The summed E-state index contributed by atoms with van der Waals surface area (Å²) in [6.45, 7) is 6.93. The van der Waals surface area contributed by atoms with Crippen molar-refractivity contribution in [2.45, 2.75) is 13.3 Å². The Morgan fingerprint density at radius 3 is 2.87 bits per heavy atom. The number of nitrogens with one attached hydrogen (secondary N) is 1. The quantitative estimate of drug-likeness (QED) is 0.754. The fourth-order valence-corrected chi connectivity index (χ4v) is 2.15. The van der Waals surface area contributed by atoms with Crippen LogP contribution >= 0.6 is 0 Å². The summed E-state index contributed by atoms with van der Waals surface area (Å²) in [5, 5.41) is 3.48. The van der Waals surface area contributed by atoms with Gasteiger partial charge in [-0.3, -0.25) is 0 Å². The molecule has 0 spiro atoms. The third-order valence-corrected chi connectivity index (χ3v) is 2.93. The van der Waals surface area contributed by atoms with E-state index >= 15 is 0 Å². The van der Waals surface area contributed by atoms with Crippen LogP contribution in [0.2, 0.25) is 0 Å². The number of anilines is 1. The molecule has 1 aromatic carbocycles. The third kappa shape index (κ3) is 2.96. The molecule has 1 fully saturated rings. The highest BCUT2D eigenvalue weighted by atomic mass is 15.1. The molecule has 0 amide bonds. The first-order valence-corrected chi connectivity index (χ1v) is 5.87. The monoisotopic (exact) mass is 204 g/mol. The van der Waals surface area contributed by atoms with Gasteiger partial charge in [-0.2, -0.15) is 0 Å². The average molecular weight is 204 g/mol. The van der Waals surface area contributed by atoms with E-state index in [1.165, 1.54) is 18.7 Å². The average Bonchev–Trinajstić information content (AvgIpc) is 2.24. The van der Waals surface area contributed by atoms with Crippen LogP contribution in [0.1, 0.15) is 13.3 Å². The predicted molar refractivity (Wildman–Crippen MR) is 65.3 cm³/mol. The van der Waals surface area contributed by atoms with Crippen LogP contribution in [0.25, 0.3) is 0 Å². The van der Waals surface area contributed by atoms with E-state index in [2.05, 4.69) is 47.5 Å². The van der Waals surface area contributed by atoms with E-state index in [9.17, 15) is 0 Å². The van der Waals surface area contributed by atoms with Crippen LogP contribution in [-0.4, -0.2) is 26.2 Å². The summed E-state index contributed by atoms with van der Waals surface area (Å²) in [6.07, 6.45) is 1.24. The van der Waals surface area contributed by atoms with Crippen molar-refractivity contribution < 1.29 is 0 Å². The maximum absolute atomic E-state index is 3.48. The summed E-state index contributed by atoms with van der Waals surface area (Å²) in [7, 11) is 0. The van der Waals surface area contributed by atoms with Gasteiger partial charge in [-0.1, -0.05) is 25.1 Å². The molecule has 1 atom stereocenters. The first-order chi connectivity index (χ1) is 7.36. The van der Waals surface area contributed by atoms with Crippen LogP contribution in [0, 0.1) is 5.92 Å². The maximum atomic E-state index is 3.48. The van der Waals surface area contributed by atoms with Crippen LogP contribution in [0.4, 0.5) is 5.69 Å². The Kier molecular flexibility index (Phi) is 3.62. The predicted octanol–water partition coefficient (Wildman–Crippen LogP) is 2.12. The van der Waals surface area contributed by atoms with Gasteiger partial charge in [0.2, 0.25) is 0 Å². The van der Waals surface area contributed by atoms with E-state index in [1.807, 2.05) is 0 Å². The second-order valence-corrected chi connectivity index (χ2v) is 4.44. The van der Waals surface area contributed by atoms with Crippen LogP contribution < -0.4 is 10.2 Å². The number of nitrogens with zero attached hydrogens (tertiary/aromatic N) is 1. The summed E-state index contributed by atoms with van der Waals surface area (Å²) in [6, 6.07) is 10.7. The number of para-hydroxylation sites is 1. The van der Waals surface area contributed by atoms with E-state index in [4.69, 9.17) is 0 Å². The molecule has 0 saturated carbocycles. The minimum absolute atomic E-state index is 0.727. The van der Waals surface area contributed by atoms with Gasteiger partial charge in [-0.05, 0) is 37.6 Å². The molecule has 2 nitrogen and oxygen atoms in total. The van der Waals surface area contributed by atoms with Gasteiger partial charge in [0.25, 0.3) is 0 Å². The van der Waals surface area contributed by atoms with Crippen molar-refractivity contribution in [1.29, 1.82) is 0 Å². The number of hydrogen-bond acceptors (Lipinski definition) is 2. The molecule has 1 aromatic rings. The van der Waals surface area contributed by atoms with E-state index in [1.54, 1.807) is 0 Å². The molecule has 0 bridgehead atoms. The second kappa shape index (κ2) is 5.17. The van der Waals surface area contributed by atoms with Gasteiger partial charge in [0.1, 0.15) is 0 Å². The summed E-state index contributed by atoms with van der Waals surface area (Å²) >= 11 is 0. The highest BCUT2D eigenvalue weighted by Crippen LogP contribution is 2.16. The SMILES string of the molecule is CC1CNCCCN(c2ccccc2)C1. The van der Waals surface area contributed by atoms with Crippen molar-refractivity contribution in [3.63, 3.8) is 0 Å². The second-order valence-electron chi connectivity index (χ2n) is 4.44. The minimum Gasteiger partial charge on any atom is -0.371 e. The van der Waals surface area contributed by atoms with Crippen molar-refractivity contribution in [2.24, 2.45) is 5.92 Å². The summed E-state index contributed by atoms with van der Waals surface area (Å²) in [5.74, 6) is 0.727. The molecule has 2 heteroatoms. The molecule has 1 aliphatic rings. The van der Waals surface area contributed by atoms with Gasteiger partial charge in [0.15, 0.2) is 0 Å². The van der Waals surface area contributed by atoms with Crippen LogP contribution in [0.5, 0.6) is 0 Å². The van der Waals surface area contributed by atoms with E-state index in [-0.39, 0.29) is 0 Å². The van der Waals surface area contributed by atoms with Crippen molar-refractivity contribution in [3.05, 3.63) is 30.3 Å². The summed E-state index contributed by atoms with van der Waals surface area (Å²) in [5.41, 5.74) is 1.37. The standard InChI is InChI=1S/C13H20N2/c1-12-10-14-8-5-9-15(11-12)13-6-3-2-4-7-13/h2-4,6-7,12,14H,5,8-11H2,1H3. The van der Waals surface area contributed by atoms with E-state index in [0.717, 1.165) is 25.6 Å². The van der Waals surface area contributed by atoms with Gasteiger partial charge in [-0.15, -0.1) is 0 Å². The Labute approximate surface area is 92.3 Å². The Hall–Kier alpha value is -1.02. The third-order valence-electron chi connectivity index (χ3n) is 2.93. The molecule has 2 rings (SSSR count). The molecule has 1 saturated heterocycles. The number of hydrogen-bond donors (Lipinski definition) is 1. The van der Waals surface area contributed by atoms with Gasteiger partial charge in [-0.25, -0.2) is 0 Å². The van der Waals surface area contributed by atoms with Crippen molar-refractivity contribution >= 4 is 5.69 Å².